The number of carboxylic acid groups (broad SMARTS) is 1. The number of hydrogen-bond acceptors (Lipinski definition) is 2. The maximum Gasteiger partial charge on any atom is 0.308 e. The van der Waals surface area contributed by atoms with Gasteiger partial charge in [-0.25, -0.2) is 0 Å². The van der Waals surface area contributed by atoms with E-state index in [1.54, 1.807) is 6.07 Å². The first-order valence-electron chi connectivity index (χ1n) is 5.84. The van der Waals surface area contributed by atoms with Gasteiger partial charge in [-0.3, -0.25) is 9.59 Å². The van der Waals surface area contributed by atoms with Crippen LogP contribution in [0.15, 0.2) is 30.3 Å². The average molecular weight is 269 g/mol. The number of benzene rings is 1. The minimum absolute atomic E-state index is 0.156. The molecule has 102 valence electrons. The number of halogens is 2. The molecule has 1 atom stereocenters. The minimum atomic E-state index is -3.18. The Morgan fingerprint density at radius 3 is 2.53 bits per heavy atom. The lowest BCUT2D eigenvalue weighted by Gasteiger charge is -2.23. The summed E-state index contributed by atoms with van der Waals surface area (Å²) in [5.41, 5.74) is -0.179. The highest BCUT2D eigenvalue weighted by atomic mass is 19.3. The van der Waals surface area contributed by atoms with Gasteiger partial charge in [0.1, 0.15) is 0 Å². The molecule has 1 unspecified atom stereocenters. The number of nitrogens with zero attached hydrogens (tertiary/aromatic N) is 1. The van der Waals surface area contributed by atoms with Gasteiger partial charge in [-0.15, -0.1) is 0 Å². The molecule has 1 aliphatic heterocycles. The lowest BCUT2D eigenvalue weighted by molar-refractivity contribution is -0.141. The van der Waals surface area contributed by atoms with Crippen molar-refractivity contribution < 1.29 is 23.5 Å². The van der Waals surface area contributed by atoms with Crippen molar-refractivity contribution in [1.29, 1.82) is 0 Å². The number of carbonyl (C=O) groups excluding carboxylic acids is 1. The zero-order valence-electron chi connectivity index (χ0n) is 10.1. The van der Waals surface area contributed by atoms with Crippen LogP contribution in [0, 0.1) is 5.92 Å². The summed E-state index contributed by atoms with van der Waals surface area (Å²) in [5, 5.41) is 8.80. The van der Waals surface area contributed by atoms with Crippen LogP contribution >= 0.6 is 0 Å². The molecule has 1 aromatic rings. The number of carbonyl (C=O) groups is 2. The lowest BCUT2D eigenvalue weighted by Crippen LogP contribution is -2.36. The first-order valence-corrected chi connectivity index (χ1v) is 5.84. The van der Waals surface area contributed by atoms with Gasteiger partial charge in [0.2, 0.25) is 5.91 Å². The highest BCUT2D eigenvalue weighted by molar-refractivity contribution is 5.86. The Morgan fingerprint density at radius 1 is 1.37 bits per heavy atom. The second-order valence-electron chi connectivity index (χ2n) is 4.58. The molecular formula is C13H13F2NO3. The van der Waals surface area contributed by atoms with Crippen LogP contribution < -0.4 is 0 Å². The molecule has 6 heteroatoms. The molecule has 1 saturated heterocycles. The van der Waals surface area contributed by atoms with Crippen molar-refractivity contribution in [2.45, 2.75) is 12.3 Å². The molecule has 4 nitrogen and oxygen atoms in total. The van der Waals surface area contributed by atoms with Gasteiger partial charge in [-0.1, -0.05) is 30.3 Å². The summed E-state index contributed by atoms with van der Waals surface area (Å²) in [6.07, 6.45) is -0.208. The van der Waals surface area contributed by atoms with Crippen LogP contribution in [0.4, 0.5) is 8.78 Å². The number of alkyl halides is 2. The number of aliphatic carboxylic acids is 1. The second kappa shape index (κ2) is 4.95. The van der Waals surface area contributed by atoms with Crippen molar-refractivity contribution in [3.05, 3.63) is 35.9 Å². The molecule has 0 radical (unpaired) electrons. The number of rotatable bonds is 4. The molecule has 0 bridgehead atoms. The Balaban J connectivity index is 2.09. The SMILES string of the molecule is O=C(O)C1CC(=O)N(CC(F)(F)c2ccccc2)C1. The molecule has 0 aliphatic carbocycles. The van der Waals surface area contributed by atoms with E-state index in [1.165, 1.54) is 24.3 Å². The van der Waals surface area contributed by atoms with E-state index in [-0.39, 0.29) is 18.5 Å². The van der Waals surface area contributed by atoms with E-state index in [2.05, 4.69) is 0 Å². The molecule has 0 saturated carbocycles. The van der Waals surface area contributed by atoms with E-state index in [9.17, 15) is 18.4 Å². The Labute approximate surface area is 108 Å². The van der Waals surface area contributed by atoms with Crippen LogP contribution in [0.3, 0.4) is 0 Å². The van der Waals surface area contributed by atoms with E-state index >= 15 is 0 Å². The second-order valence-corrected chi connectivity index (χ2v) is 4.58. The highest BCUT2D eigenvalue weighted by Crippen LogP contribution is 2.31. The summed E-state index contributed by atoms with van der Waals surface area (Å²) in [6, 6.07) is 7.19. The predicted octanol–water partition coefficient (Wildman–Crippen LogP) is 1.71. The van der Waals surface area contributed by atoms with Gasteiger partial charge in [0.05, 0.1) is 12.5 Å². The van der Waals surface area contributed by atoms with E-state index in [1.807, 2.05) is 0 Å². The summed E-state index contributed by atoms with van der Waals surface area (Å²) < 4.78 is 27.9. The smallest absolute Gasteiger partial charge is 0.308 e. The molecule has 1 fully saturated rings. The van der Waals surface area contributed by atoms with Crippen LogP contribution in [0.25, 0.3) is 0 Å². The zero-order valence-corrected chi connectivity index (χ0v) is 10.1. The van der Waals surface area contributed by atoms with Crippen LogP contribution in [0.1, 0.15) is 12.0 Å². The van der Waals surface area contributed by atoms with E-state index in [0.29, 0.717) is 0 Å². The van der Waals surface area contributed by atoms with Crippen molar-refractivity contribution in [1.82, 2.24) is 4.90 Å². The molecule has 1 amide bonds. The third-order valence-corrected chi connectivity index (χ3v) is 3.15. The van der Waals surface area contributed by atoms with Crippen molar-refractivity contribution in [3.8, 4) is 0 Å². The maximum absolute atomic E-state index is 14.0. The van der Waals surface area contributed by atoms with Gasteiger partial charge < -0.3 is 10.0 Å². The van der Waals surface area contributed by atoms with E-state index < -0.39 is 30.3 Å². The molecule has 1 aliphatic rings. The zero-order chi connectivity index (χ0) is 14.0. The fourth-order valence-corrected chi connectivity index (χ4v) is 2.10. The van der Waals surface area contributed by atoms with E-state index in [0.717, 1.165) is 4.90 Å². The van der Waals surface area contributed by atoms with Gasteiger partial charge in [0.25, 0.3) is 5.92 Å². The van der Waals surface area contributed by atoms with Crippen molar-refractivity contribution in [2.75, 3.05) is 13.1 Å². The molecule has 0 aromatic heterocycles. The standard InChI is InChI=1S/C13H13F2NO3/c14-13(15,10-4-2-1-3-5-10)8-16-7-9(12(18)19)6-11(16)17/h1-5,9H,6-8H2,(H,18,19). The van der Waals surface area contributed by atoms with Crippen molar-refractivity contribution >= 4 is 11.9 Å². The molecule has 1 aromatic carbocycles. The van der Waals surface area contributed by atoms with Crippen molar-refractivity contribution in [3.63, 3.8) is 0 Å². The number of likely N-dealkylation sites (tertiary alicyclic amines) is 1. The summed E-state index contributed by atoms with van der Waals surface area (Å²) >= 11 is 0. The lowest BCUT2D eigenvalue weighted by atomic mass is 10.1. The summed E-state index contributed by atoms with van der Waals surface area (Å²) in [5.74, 6) is -5.73. The quantitative estimate of drug-likeness (QED) is 0.905. The summed E-state index contributed by atoms with van der Waals surface area (Å²) in [7, 11) is 0. The normalized spacial score (nSPS) is 19.8. The molecule has 2 rings (SSSR count). The van der Waals surface area contributed by atoms with Gasteiger partial charge >= 0.3 is 5.97 Å². The topological polar surface area (TPSA) is 57.6 Å². The Kier molecular flexibility index (Phi) is 3.50. The van der Waals surface area contributed by atoms with E-state index in [4.69, 9.17) is 5.11 Å². The molecule has 1 N–H and O–H groups in total. The first-order chi connectivity index (χ1) is 8.90. The van der Waals surface area contributed by atoms with Crippen LogP contribution in [0.5, 0.6) is 0 Å². The first kappa shape index (κ1) is 13.5. The number of hydrogen-bond donors (Lipinski definition) is 1. The largest absolute Gasteiger partial charge is 0.481 e. The molecular weight excluding hydrogens is 256 g/mol. The Hall–Kier alpha value is -1.98. The maximum atomic E-state index is 14.0. The fraction of sp³-hybridized carbons (Fsp3) is 0.385. The Bertz CT molecular complexity index is 490. The van der Waals surface area contributed by atoms with Crippen LogP contribution in [-0.4, -0.2) is 35.0 Å². The molecule has 19 heavy (non-hydrogen) atoms. The summed E-state index contributed by atoms with van der Waals surface area (Å²) in [4.78, 5) is 23.2. The molecule has 0 spiro atoms. The monoisotopic (exact) mass is 269 g/mol. The molecule has 1 heterocycles. The predicted molar refractivity (Wildman–Crippen MR) is 62.7 cm³/mol. The van der Waals surface area contributed by atoms with Crippen LogP contribution in [-0.2, 0) is 15.5 Å². The van der Waals surface area contributed by atoms with Gasteiger partial charge in [0.15, 0.2) is 0 Å². The van der Waals surface area contributed by atoms with Gasteiger partial charge in [-0.05, 0) is 0 Å². The third-order valence-electron chi connectivity index (χ3n) is 3.15. The number of amides is 1. The van der Waals surface area contributed by atoms with Crippen molar-refractivity contribution in [2.24, 2.45) is 5.92 Å². The Morgan fingerprint density at radius 2 is 2.00 bits per heavy atom. The van der Waals surface area contributed by atoms with Gasteiger partial charge in [0, 0.05) is 18.5 Å². The number of carboxylic acids is 1. The van der Waals surface area contributed by atoms with Crippen LogP contribution in [0.2, 0.25) is 0 Å². The summed E-state index contributed by atoms with van der Waals surface area (Å²) in [6.45, 7) is -0.934. The third kappa shape index (κ3) is 2.89. The highest BCUT2D eigenvalue weighted by Gasteiger charge is 2.41. The van der Waals surface area contributed by atoms with Gasteiger partial charge in [-0.2, -0.15) is 8.78 Å². The fourth-order valence-electron chi connectivity index (χ4n) is 2.10. The average Bonchev–Trinajstić information content (AvgIpc) is 2.72. The minimum Gasteiger partial charge on any atom is -0.481 e.